The molecule has 3 atom stereocenters. The summed E-state index contributed by atoms with van der Waals surface area (Å²) in [6, 6.07) is 0.518. The molecule has 0 spiro atoms. The Hall–Kier alpha value is -4.42. The fourth-order valence-corrected chi connectivity index (χ4v) is 5.19. The number of anilines is 1. The van der Waals surface area contributed by atoms with Crippen LogP contribution in [-0.4, -0.2) is 69.6 Å². The van der Waals surface area contributed by atoms with Crippen LogP contribution in [0.3, 0.4) is 0 Å². The highest BCUT2D eigenvalue weighted by molar-refractivity contribution is 5.74. The fourth-order valence-electron chi connectivity index (χ4n) is 5.19. The molecular formula is C29H25F10N5O4. The molecule has 0 bridgehead atoms. The van der Waals surface area contributed by atoms with Gasteiger partial charge in [0.2, 0.25) is 11.8 Å². The standard InChI is InChI=1S/C29H25F10N5O4/c1-13-22(14-4-15(27(31,32)33)6-16(5-14)28(34,35)36)48-25(45)44(13)12-21-20(9-41-24(42-21)43-10-18(30)11-43)19-7-17(8-40-23(19)47-3)26(2,46)29(37,38)39/h4-9,13,18,22,46H,10-12H2,1-3H3/t13-,22-,26-/m0/s1. The van der Waals surface area contributed by atoms with Crippen LogP contribution in [0.4, 0.5) is 54.6 Å². The zero-order valence-electron chi connectivity index (χ0n) is 25.0. The number of methoxy groups -OCH3 is 1. The molecule has 2 aromatic heterocycles. The maximum Gasteiger partial charge on any atom is 0.421 e. The minimum absolute atomic E-state index is 0.0440. The van der Waals surface area contributed by atoms with Gasteiger partial charge < -0.3 is 19.5 Å². The summed E-state index contributed by atoms with van der Waals surface area (Å²) in [5.74, 6) is -0.293. The topological polar surface area (TPSA) is 101 Å². The third-order valence-corrected chi connectivity index (χ3v) is 8.07. The maximum atomic E-state index is 13.7. The van der Waals surface area contributed by atoms with E-state index in [0.717, 1.165) is 30.5 Å². The van der Waals surface area contributed by atoms with Gasteiger partial charge in [-0.2, -0.15) is 39.5 Å². The van der Waals surface area contributed by atoms with Crippen molar-refractivity contribution in [2.45, 2.75) is 62.8 Å². The van der Waals surface area contributed by atoms with Crippen LogP contribution in [0.2, 0.25) is 0 Å². The molecule has 3 aromatic rings. The van der Waals surface area contributed by atoms with Crippen LogP contribution in [0.15, 0.2) is 36.7 Å². The molecule has 1 N–H and O–H groups in total. The van der Waals surface area contributed by atoms with Gasteiger partial charge in [-0.1, -0.05) is 0 Å². The van der Waals surface area contributed by atoms with Crippen LogP contribution in [0.1, 0.15) is 47.9 Å². The van der Waals surface area contributed by atoms with Crippen LogP contribution >= 0.6 is 0 Å². The predicted octanol–water partition coefficient (Wildman–Crippen LogP) is 6.59. The van der Waals surface area contributed by atoms with Gasteiger partial charge >= 0.3 is 24.6 Å². The Morgan fingerprint density at radius 1 is 0.917 bits per heavy atom. The van der Waals surface area contributed by atoms with Gasteiger partial charge in [0.15, 0.2) is 5.60 Å². The Morgan fingerprint density at radius 3 is 2.04 bits per heavy atom. The lowest BCUT2D eigenvalue weighted by atomic mass is 9.94. The van der Waals surface area contributed by atoms with Crippen LogP contribution in [-0.2, 0) is 29.2 Å². The number of halogens is 10. The largest absolute Gasteiger partial charge is 0.481 e. The molecule has 5 rings (SSSR count). The van der Waals surface area contributed by atoms with Crippen molar-refractivity contribution in [2.75, 3.05) is 25.1 Å². The van der Waals surface area contributed by atoms with Crippen LogP contribution < -0.4 is 9.64 Å². The number of aliphatic hydroxyl groups is 1. The smallest absolute Gasteiger partial charge is 0.421 e. The highest BCUT2D eigenvalue weighted by Gasteiger charge is 2.52. The quantitative estimate of drug-likeness (QED) is 0.276. The molecule has 0 unspecified atom stereocenters. The minimum Gasteiger partial charge on any atom is -0.481 e. The maximum absolute atomic E-state index is 13.7. The number of pyridine rings is 1. The van der Waals surface area contributed by atoms with E-state index in [4.69, 9.17) is 9.47 Å². The molecule has 260 valence electrons. The van der Waals surface area contributed by atoms with Crippen molar-refractivity contribution in [3.63, 3.8) is 0 Å². The molecule has 2 fully saturated rings. The highest BCUT2D eigenvalue weighted by Crippen LogP contribution is 2.44. The monoisotopic (exact) mass is 697 g/mol. The number of carbonyl (C=O) groups excluding carboxylic acids is 1. The summed E-state index contributed by atoms with van der Waals surface area (Å²) in [4.78, 5) is 27.9. The zero-order valence-corrected chi connectivity index (χ0v) is 25.0. The summed E-state index contributed by atoms with van der Waals surface area (Å²) in [6.45, 7) is 1.04. The highest BCUT2D eigenvalue weighted by atomic mass is 19.4. The van der Waals surface area contributed by atoms with Gasteiger partial charge in [-0.25, -0.2) is 24.1 Å². The predicted molar refractivity (Wildman–Crippen MR) is 145 cm³/mol. The summed E-state index contributed by atoms with van der Waals surface area (Å²) in [5.41, 5.74) is -8.25. The average Bonchev–Trinajstić information content (AvgIpc) is 3.26. The van der Waals surface area contributed by atoms with Gasteiger partial charge in [0.05, 0.1) is 49.6 Å². The first-order valence-corrected chi connectivity index (χ1v) is 14.0. The summed E-state index contributed by atoms with van der Waals surface area (Å²) in [5, 5.41) is 10.3. The SMILES string of the molecule is COc1ncc([C@](C)(O)C(F)(F)F)cc1-c1cnc(N2CC(F)C2)nc1CN1C(=O)O[C@H](c2cc(C(F)(F)F)cc(C(F)(F)F)c2)[C@@H]1C. The van der Waals surface area contributed by atoms with Gasteiger partial charge in [0, 0.05) is 29.1 Å². The molecule has 1 amide bonds. The molecule has 48 heavy (non-hydrogen) atoms. The van der Waals surface area contributed by atoms with E-state index in [1.807, 2.05) is 0 Å². The zero-order chi connectivity index (χ0) is 35.6. The minimum atomic E-state index is -5.17. The molecule has 0 radical (unpaired) electrons. The molecule has 0 aliphatic carbocycles. The van der Waals surface area contributed by atoms with Crippen molar-refractivity contribution >= 4 is 12.0 Å². The summed E-state index contributed by atoms with van der Waals surface area (Å²) >= 11 is 0. The van der Waals surface area contributed by atoms with Gasteiger partial charge in [0.1, 0.15) is 12.3 Å². The lowest BCUT2D eigenvalue weighted by molar-refractivity contribution is -0.259. The van der Waals surface area contributed by atoms with Gasteiger partial charge in [-0.3, -0.25) is 4.90 Å². The third kappa shape index (κ3) is 6.51. The van der Waals surface area contributed by atoms with E-state index in [9.17, 15) is 53.8 Å². The first kappa shape index (κ1) is 34.9. The van der Waals surface area contributed by atoms with Crippen molar-refractivity contribution in [3.05, 3.63) is 64.6 Å². The lowest BCUT2D eigenvalue weighted by Gasteiger charge is -2.34. The summed E-state index contributed by atoms with van der Waals surface area (Å²) in [6.07, 6.45) is -17.6. The number of aromatic nitrogens is 3. The van der Waals surface area contributed by atoms with E-state index < -0.39 is 77.3 Å². The number of amides is 1. The molecule has 0 saturated carbocycles. The number of hydrogen-bond donors (Lipinski definition) is 1. The first-order valence-electron chi connectivity index (χ1n) is 14.0. The summed E-state index contributed by atoms with van der Waals surface area (Å²) in [7, 11) is 1.15. The van der Waals surface area contributed by atoms with Crippen molar-refractivity contribution < 1.29 is 63.3 Å². The number of alkyl halides is 10. The van der Waals surface area contributed by atoms with Gasteiger partial charge in [-0.05, 0) is 43.7 Å². The van der Waals surface area contributed by atoms with Crippen LogP contribution in [0, 0.1) is 0 Å². The van der Waals surface area contributed by atoms with Gasteiger partial charge in [-0.15, -0.1) is 0 Å². The Kier molecular flexibility index (Phi) is 8.67. The van der Waals surface area contributed by atoms with E-state index in [1.54, 1.807) is 0 Å². The molecule has 19 heteroatoms. The van der Waals surface area contributed by atoms with Crippen molar-refractivity contribution in [2.24, 2.45) is 0 Å². The Bertz CT molecular complexity index is 1670. The number of hydrogen-bond acceptors (Lipinski definition) is 8. The van der Waals surface area contributed by atoms with Crippen LogP contribution in [0.25, 0.3) is 11.1 Å². The lowest BCUT2D eigenvalue weighted by Crippen LogP contribution is -2.49. The summed E-state index contributed by atoms with van der Waals surface area (Å²) < 4.78 is 146. The molecule has 2 aliphatic heterocycles. The van der Waals surface area contributed by atoms with Crippen molar-refractivity contribution in [1.82, 2.24) is 19.9 Å². The number of nitrogens with zero attached hydrogens (tertiary/aromatic N) is 5. The van der Waals surface area contributed by atoms with Crippen molar-refractivity contribution in [1.29, 1.82) is 0 Å². The van der Waals surface area contributed by atoms with E-state index in [0.29, 0.717) is 19.1 Å². The average molecular weight is 698 g/mol. The molecule has 2 aliphatic rings. The van der Waals surface area contributed by atoms with E-state index >= 15 is 0 Å². The fraction of sp³-hybridized carbons (Fsp3) is 0.448. The number of ether oxygens (including phenoxy) is 2. The van der Waals surface area contributed by atoms with Crippen molar-refractivity contribution in [3.8, 4) is 17.0 Å². The number of rotatable bonds is 7. The second-order valence-electron chi connectivity index (χ2n) is 11.4. The van der Waals surface area contributed by atoms with Gasteiger partial charge in [0.25, 0.3) is 0 Å². The first-order chi connectivity index (χ1) is 22.1. The molecule has 4 heterocycles. The Balaban J connectivity index is 1.58. The molecule has 1 aromatic carbocycles. The second-order valence-corrected chi connectivity index (χ2v) is 11.4. The van der Waals surface area contributed by atoms with E-state index in [1.165, 1.54) is 11.8 Å². The van der Waals surface area contributed by atoms with E-state index in [-0.39, 0.29) is 47.8 Å². The molecule has 9 nitrogen and oxygen atoms in total. The Labute approximate surface area is 265 Å². The number of benzene rings is 1. The Morgan fingerprint density at radius 2 is 1.52 bits per heavy atom. The molecular weight excluding hydrogens is 672 g/mol. The third-order valence-electron chi connectivity index (χ3n) is 8.07. The van der Waals surface area contributed by atoms with E-state index in [2.05, 4.69) is 15.0 Å². The molecule has 2 saturated heterocycles. The normalized spacial score (nSPS) is 20.4. The number of carbonyl (C=O) groups is 1. The van der Waals surface area contributed by atoms with Crippen LogP contribution in [0.5, 0.6) is 5.88 Å². The number of cyclic esters (lactones) is 1. The second kappa shape index (κ2) is 11.9.